The minimum absolute atomic E-state index is 0.0285. The van der Waals surface area contributed by atoms with Gasteiger partial charge in [-0.05, 0) is 52.0 Å². The van der Waals surface area contributed by atoms with E-state index >= 15 is 0 Å². The second-order valence-electron chi connectivity index (χ2n) is 9.28. The molecule has 0 fully saturated rings. The molecular formula is C25H29N4O3+. The maximum Gasteiger partial charge on any atom is 0.522 e. The van der Waals surface area contributed by atoms with E-state index < -0.39 is 5.60 Å². The van der Waals surface area contributed by atoms with E-state index in [2.05, 4.69) is 15.5 Å². The summed E-state index contributed by atoms with van der Waals surface area (Å²) >= 11 is 0. The largest absolute Gasteiger partial charge is 0.522 e. The molecule has 3 aromatic rings. The van der Waals surface area contributed by atoms with Gasteiger partial charge >= 0.3 is 6.09 Å². The lowest BCUT2D eigenvalue weighted by molar-refractivity contribution is 0.0251. The maximum atomic E-state index is 13.4. The van der Waals surface area contributed by atoms with Gasteiger partial charge in [0.25, 0.3) is 5.91 Å². The Bertz CT molecular complexity index is 1130. The van der Waals surface area contributed by atoms with E-state index in [-0.39, 0.29) is 23.0 Å². The first-order valence-electron chi connectivity index (χ1n) is 10.7. The SMILES string of the molecule is Cc1ccc(C(=O)NCc2n[nH]c3c2C[N+](C(=O)OC(C)(C)C)(c2ccccc2)C3)cc1. The van der Waals surface area contributed by atoms with Crippen LogP contribution in [0.2, 0.25) is 0 Å². The summed E-state index contributed by atoms with van der Waals surface area (Å²) in [5.41, 5.74) is 4.54. The number of hydrogen-bond donors (Lipinski definition) is 2. The molecule has 1 unspecified atom stereocenters. The van der Waals surface area contributed by atoms with Gasteiger partial charge in [0.15, 0.2) is 0 Å². The first-order valence-corrected chi connectivity index (χ1v) is 10.7. The molecular weight excluding hydrogens is 404 g/mol. The summed E-state index contributed by atoms with van der Waals surface area (Å²) in [6.45, 7) is 8.71. The van der Waals surface area contributed by atoms with Crippen LogP contribution in [0.25, 0.3) is 0 Å². The lowest BCUT2D eigenvalue weighted by Gasteiger charge is -2.32. The van der Waals surface area contributed by atoms with E-state index in [1.807, 2.05) is 70.2 Å². The van der Waals surface area contributed by atoms with Crippen LogP contribution in [-0.4, -0.2) is 27.8 Å². The third-order valence-electron chi connectivity index (χ3n) is 5.62. The highest BCUT2D eigenvalue weighted by Crippen LogP contribution is 2.38. The molecule has 0 saturated carbocycles. The number of nitrogens with one attached hydrogen (secondary N) is 2. The van der Waals surface area contributed by atoms with Gasteiger partial charge in [-0.3, -0.25) is 9.89 Å². The highest BCUT2D eigenvalue weighted by molar-refractivity contribution is 5.94. The van der Waals surface area contributed by atoms with E-state index in [0.29, 0.717) is 18.7 Å². The van der Waals surface area contributed by atoms with E-state index in [9.17, 15) is 9.59 Å². The van der Waals surface area contributed by atoms with Gasteiger partial charge in [-0.25, -0.2) is 0 Å². The summed E-state index contributed by atoms with van der Waals surface area (Å²) in [6.07, 6.45) is -0.303. The van der Waals surface area contributed by atoms with Crippen LogP contribution in [0.15, 0.2) is 54.6 Å². The van der Waals surface area contributed by atoms with Crippen molar-refractivity contribution in [1.29, 1.82) is 0 Å². The molecule has 2 N–H and O–H groups in total. The molecule has 0 aliphatic carbocycles. The number of para-hydroxylation sites is 1. The number of benzene rings is 2. The van der Waals surface area contributed by atoms with Crippen LogP contribution >= 0.6 is 0 Å². The second kappa shape index (κ2) is 8.24. The molecule has 2 aromatic carbocycles. The van der Waals surface area contributed by atoms with Gasteiger partial charge in [-0.2, -0.15) is 14.4 Å². The Morgan fingerprint density at radius 1 is 1.06 bits per heavy atom. The standard InChI is InChI=1S/C25H28N4O3/c1-17-10-12-18(13-11-17)23(30)26-14-21-20-15-29(16-22(20)28-27-21,19-8-6-5-7-9-19)24(31)32-25(2,3)4/h5-13H,14-16H2,1-4H3,(H-,26,27,28,30)/p+1. The maximum absolute atomic E-state index is 13.4. The molecule has 1 aromatic heterocycles. The minimum atomic E-state index is -0.601. The summed E-state index contributed by atoms with van der Waals surface area (Å²) in [5, 5.41) is 10.4. The van der Waals surface area contributed by atoms with Gasteiger partial charge in [0, 0.05) is 5.56 Å². The molecule has 0 bridgehead atoms. The third-order valence-corrected chi connectivity index (χ3v) is 5.62. The Balaban J connectivity index is 1.57. The zero-order valence-electron chi connectivity index (χ0n) is 18.9. The third kappa shape index (κ3) is 4.29. The van der Waals surface area contributed by atoms with Gasteiger partial charge < -0.3 is 10.1 Å². The summed E-state index contributed by atoms with van der Waals surface area (Å²) in [6, 6.07) is 17.1. The number of amides is 2. The number of H-pyrrole nitrogens is 1. The number of carbonyl (C=O) groups is 2. The van der Waals surface area contributed by atoms with Crippen molar-refractivity contribution in [2.45, 2.75) is 52.9 Å². The van der Waals surface area contributed by atoms with Crippen LogP contribution in [0.5, 0.6) is 0 Å². The van der Waals surface area contributed by atoms with Gasteiger partial charge in [0.05, 0.1) is 23.5 Å². The van der Waals surface area contributed by atoms with Gasteiger partial charge in [-0.15, -0.1) is 0 Å². The number of aryl methyl sites for hydroxylation is 1. The van der Waals surface area contributed by atoms with Crippen molar-refractivity contribution in [2.75, 3.05) is 0 Å². The fourth-order valence-electron chi connectivity index (χ4n) is 3.95. The number of rotatable bonds is 4. The minimum Gasteiger partial charge on any atom is -0.414 e. The van der Waals surface area contributed by atoms with Gasteiger partial charge in [-0.1, -0.05) is 35.9 Å². The molecule has 7 nitrogen and oxygen atoms in total. The van der Waals surface area contributed by atoms with Crippen LogP contribution in [0.3, 0.4) is 0 Å². The molecule has 0 saturated heterocycles. The number of nitrogens with zero attached hydrogens (tertiary/aromatic N) is 2. The summed E-state index contributed by atoms with van der Waals surface area (Å²) < 4.78 is 5.84. The Kier molecular flexibility index (Phi) is 5.60. The first-order chi connectivity index (χ1) is 15.2. The molecule has 4 rings (SSSR count). The molecule has 0 spiro atoms. The monoisotopic (exact) mass is 433 g/mol. The van der Waals surface area contributed by atoms with Crippen molar-refractivity contribution in [3.63, 3.8) is 0 Å². The van der Waals surface area contributed by atoms with Gasteiger partial charge in [0.1, 0.15) is 24.4 Å². The number of fused-ring (bicyclic) bond motifs is 1. The Morgan fingerprint density at radius 3 is 2.41 bits per heavy atom. The molecule has 166 valence electrons. The zero-order valence-corrected chi connectivity index (χ0v) is 18.9. The predicted molar refractivity (Wildman–Crippen MR) is 123 cm³/mol. The van der Waals surface area contributed by atoms with Crippen molar-refractivity contribution < 1.29 is 14.3 Å². The van der Waals surface area contributed by atoms with E-state index in [1.54, 1.807) is 12.1 Å². The van der Waals surface area contributed by atoms with E-state index in [4.69, 9.17) is 4.74 Å². The smallest absolute Gasteiger partial charge is 0.414 e. The van der Waals surface area contributed by atoms with Crippen LogP contribution in [0, 0.1) is 6.92 Å². The quantitative estimate of drug-likeness (QED) is 0.589. The highest BCUT2D eigenvalue weighted by Gasteiger charge is 2.50. The number of hydrogen-bond acceptors (Lipinski definition) is 4. The van der Waals surface area contributed by atoms with E-state index in [0.717, 1.165) is 28.2 Å². The Hall–Kier alpha value is -3.45. The van der Waals surface area contributed by atoms with Crippen LogP contribution < -0.4 is 9.80 Å². The van der Waals surface area contributed by atoms with Crippen molar-refractivity contribution in [3.05, 3.63) is 82.7 Å². The summed E-state index contributed by atoms with van der Waals surface area (Å²) in [5.74, 6) is -0.157. The molecule has 32 heavy (non-hydrogen) atoms. The normalized spacial score (nSPS) is 17.6. The number of aromatic nitrogens is 2. The lowest BCUT2D eigenvalue weighted by Crippen LogP contribution is -2.52. The van der Waals surface area contributed by atoms with Crippen molar-refractivity contribution in [2.24, 2.45) is 0 Å². The van der Waals surface area contributed by atoms with Crippen molar-refractivity contribution in [3.8, 4) is 0 Å². The number of carbonyl (C=O) groups excluding carboxylic acids is 2. The zero-order chi connectivity index (χ0) is 22.9. The molecule has 2 heterocycles. The number of aromatic amines is 1. The molecule has 1 aliphatic rings. The summed E-state index contributed by atoms with van der Waals surface area (Å²) in [4.78, 5) is 25.9. The van der Waals surface area contributed by atoms with Crippen LogP contribution in [0.4, 0.5) is 10.5 Å². The Labute approximate surface area is 188 Å². The molecule has 1 atom stereocenters. The number of quaternary nitrogens is 1. The van der Waals surface area contributed by atoms with Crippen LogP contribution in [0.1, 0.15) is 53.6 Å². The van der Waals surface area contributed by atoms with Gasteiger partial charge in [0.2, 0.25) is 0 Å². The molecule has 1 aliphatic heterocycles. The fourth-order valence-corrected chi connectivity index (χ4v) is 3.95. The van der Waals surface area contributed by atoms with Crippen molar-refractivity contribution >= 4 is 17.7 Å². The number of ether oxygens (including phenoxy) is 1. The topological polar surface area (TPSA) is 84.1 Å². The van der Waals surface area contributed by atoms with Crippen molar-refractivity contribution in [1.82, 2.24) is 20.0 Å². The average Bonchev–Trinajstić information content (AvgIpc) is 3.31. The van der Waals surface area contributed by atoms with E-state index in [1.165, 1.54) is 0 Å². The molecule has 2 amide bonds. The highest BCUT2D eigenvalue weighted by atomic mass is 16.6. The molecule has 7 heteroatoms. The lowest BCUT2D eigenvalue weighted by atomic mass is 10.1. The average molecular weight is 434 g/mol. The predicted octanol–water partition coefficient (Wildman–Crippen LogP) is 4.60. The summed E-state index contributed by atoms with van der Waals surface area (Å²) in [7, 11) is 0. The second-order valence-corrected chi connectivity index (χ2v) is 9.28. The fraction of sp³-hybridized carbons (Fsp3) is 0.320. The van der Waals surface area contributed by atoms with Crippen LogP contribution in [-0.2, 0) is 24.4 Å². The Morgan fingerprint density at radius 2 is 1.75 bits per heavy atom. The first kappa shape index (κ1) is 21.8. The molecule has 0 radical (unpaired) electrons.